The van der Waals surface area contributed by atoms with E-state index in [2.05, 4.69) is 4.72 Å². The van der Waals surface area contributed by atoms with Gasteiger partial charge >= 0.3 is 0 Å². The van der Waals surface area contributed by atoms with E-state index in [4.69, 9.17) is 5.73 Å². The highest BCUT2D eigenvalue weighted by atomic mass is 32.2. The number of benzene rings is 1. The fourth-order valence-electron chi connectivity index (χ4n) is 1.50. The second kappa shape index (κ2) is 5.84. The third-order valence-corrected chi connectivity index (χ3v) is 3.95. The van der Waals surface area contributed by atoms with E-state index in [9.17, 15) is 8.42 Å². The normalized spacial score (nSPS) is 12.1. The zero-order chi connectivity index (χ0) is 12.9. The van der Waals surface area contributed by atoms with Crippen LogP contribution in [0.25, 0.3) is 0 Å². The highest BCUT2D eigenvalue weighted by Gasteiger charge is 2.15. The molecule has 5 heteroatoms. The van der Waals surface area contributed by atoms with Crippen molar-refractivity contribution in [2.75, 3.05) is 12.3 Å². The standard InChI is InChI=1S/C12H18N2O2S/c1-3-4-5-8-14-17(15,16)12-7-6-11(13)9-10(12)2/h3-4,6-7,9,14H,5,8,13H2,1-2H3/b4-3+. The predicted molar refractivity (Wildman–Crippen MR) is 70.2 cm³/mol. The van der Waals surface area contributed by atoms with Crippen molar-refractivity contribution < 1.29 is 8.42 Å². The fourth-order valence-corrected chi connectivity index (χ4v) is 2.77. The van der Waals surface area contributed by atoms with Gasteiger partial charge in [0.1, 0.15) is 0 Å². The number of rotatable bonds is 5. The molecule has 0 aliphatic heterocycles. The molecule has 1 rings (SSSR count). The Morgan fingerprint density at radius 2 is 2.12 bits per heavy atom. The second-order valence-corrected chi connectivity index (χ2v) is 5.52. The molecule has 0 saturated heterocycles. The maximum absolute atomic E-state index is 12.0. The van der Waals surface area contributed by atoms with Crippen LogP contribution in [0.5, 0.6) is 0 Å². The minimum Gasteiger partial charge on any atom is -0.399 e. The summed E-state index contributed by atoms with van der Waals surface area (Å²) in [6, 6.07) is 4.77. The van der Waals surface area contributed by atoms with Crippen LogP contribution in [0, 0.1) is 6.92 Å². The van der Waals surface area contributed by atoms with E-state index < -0.39 is 10.0 Å². The van der Waals surface area contributed by atoms with E-state index in [1.807, 2.05) is 19.1 Å². The molecular weight excluding hydrogens is 236 g/mol. The number of hydrogen-bond acceptors (Lipinski definition) is 3. The molecule has 0 bridgehead atoms. The predicted octanol–water partition coefficient (Wildman–Crippen LogP) is 1.82. The van der Waals surface area contributed by atoms with Crippen LogP contribution in [0.1, 0.15) is 18.9 Å². The van der Waals surface area contributed by atoms with E-state index in [-0.39, 0.29) is 4.90 Å². The monoisotopic (exact) mass is 254 g/mol. The number of anilines is 1. The van der Waals surface area contributed by atoms with Gasteiger partial charge in [0, 0.05) is 12.2 Å². The van der Waals surface area contributed by atoms with Gasteiger partial charge in [-0.1, -0.05) is 12.2 Å². The molecular formula is C12H18N2O2S. The molecule has 1 aromatic rings. The molecule has 94 valence electrons. The Balaban J connectivity index is 2.82. The van der Waals surface area contributed by atoms with Crippen LogP contribution >= 0.6 is 0 Å². The molecule has 0 fully saturated rings. The van der Waals surface area contributed by atoms with E-state index in [1.54, 1.807) is 19.1 Å². The zero-order valence-corrected chi connectivity index (χ0v) is 10.9. The maximum atomic E-state index is 12.0. The van der Waals surface area contributed by atoms with Crippen LogP contribution in [0.4, 0.5) is 5.69 Å². The van der Waals surface area contributed by atoms with Crippen LogP contribution in [0.15, 0.2) is 35.2 Å². The van der Waals surface area contributed by atoms with Crippen molar-refractivity contribution in [3.8, 4) is 0 Å². The van der Waals surface area contributed by atoms with Gasteiger partial charge in [0.2, 0.25) is 10.0 Å². The molecule has 0 atom stereocenters. The zero-order valence-electron chi connectivity index (χ0n) is 10.1. The Kier molecular flexibility index (Phi) is 4.72. The Bertz CT molecular complexity index is 507. The average Bonchev–Trinajstić information content (AvgIpc) is 2.24. The Morgan fingerprint density at radius 1 is 1.41 bits per heavy atom. The SMILES string of the molecule is C/C=C/CCNS(=O)(=O)c1ccc(N)cc1C. The molecule has 0 unspecified atom stereocenters. The van der Waals surface area contributed by atoms with Crippen molar-refractivity contribution in [1.82, 2.24) is 4.72 Å². The smallest absolute Gasteiger partial charge is 0.240 e. The molecule has 3 N–H and O–H groups in total. The van der Waals surface area contributed by atoms with Crippen molar-refractivity contribution in [3.05, 3.63) is 35.9 Å². The first kappa shape index (κ1) is 13.7. The van der Waals surface area contributed by atoms with Gasteiger partial charge in [-0.25, -0.2) is 13.1 Å². The molecule has 17 heavy (non-hydrogen) atoms. The minimum absolute atomic E-state index is 0.284. The summed E-state index contributed by atoms with van der Waals surface area (Å²) in [4.78, 5) is 0.284. The number of nitrogen functional groups attached to an aromatic ring is 1. The third-order valence-electron chi connectivity index (χ3n) is 2.33. The molecule has 0 heterocycles. The van der Waals surface area contributed by atoms with E-state index in [0.29, 0.717) is 24.2 Å². The van der Waals surface area contributed by atoms with Gasteiger partial charge < -0.3 is 5.73 Å². The lowest BCUT2D eigenvalue weighted by Gasteiger charge is -2.09. The summed E-state index contributed by atoms with van der Waals surface area (Å²) >= 11 is 0. The van der Waals surface area contributed by atoms with Gasteiger partial charge in [0.15, 0.2) is 0 Å². The largest absolute Gasteiger partial charge is 0.399 e. The summed E-state index contributed by atoms with van der Waals surface area (Å²) < 4.78 is 26.5. The Hall–Kier alpha value is -1.33. The summed E-state index contributed by atoms with van der Waals surface area (Å²) in [5.74, 6) is 0. The summed E-state index contributed by atoms with van der Waals surface area (Å²) in [5.41, 5.74) is 6.81. The van der Waals surface area contributed by atoms with Crippen LogP contribution in [0.3, 0.4) is 0 Å². The maximum Gasteiger partial charge on any atom is 0.240 e. The Labute approximate surface area is 103 Å². The Morgan fingerprint density at radius 3 is 2.71 bits per heavy atom. The van der Waals surface area contributed by atoms with Gasteiger partial charge in [-0.2, -0.15) is 0 Å². The fraction of sp³-hybridized carbons (Fsp3) is 0.333. The van der Waals surface area contributed by atoms with Gasteiger partial charge in [-0.15, -0.1) is 0 Å². The van der Waals surface area contributed by atoms with Crippen molar-refractivity contribution in [2.45, 2.75) is 25.2 Å². The molecule has 0 amide bonds. The number of hydrogen-bond donors (Lipinski definition) is 2. The van der Waals surface area contributed by atoms with Crippen molar-refractivity contribution in [1.29, 1.82) is 0 Å². The molecule has 0 aliphatic rings. The summed E-state index contributed by atoms with van der Waals surface area (Å²) in [6.07, 6.45) is 4.49. The summed E-state index contributed by atoms with van der Waals surface area (Å²) in [5, 5.41) is 0. The highest BCUT2D eigenvalue weighted by Crippen LogP contribution is 2.17. The van der Waals surface area contributed by atoms with Crippen molar-refractivity contribution in [2.24, 2.45) is 0 Å². The van der Waals surface area contributed by atoms with Crippen LogP contribution in [0.2, 0.25) is 0 Å². The molecule has 0 aromatic heterocycles. The lowest BCUT2D eigenvalue weighted by Crippen LogP contribution is -2.25. The lowest BCUT2D eigenvalue weighted by molar-refractivity contribution is 0.581. The average molecular weight is 254 g/mol. The highest BCUT2D eigenvalue weighted by molar-refractivity contribution is 7.89. The molecule has 1 aromatic carbocycles. The first-order chi connectivity index (χ1) is 7.97. The molecule has 4 nitrogen and oxygen atoms in total. The molecule has 0 aliphatic carbocycles. The van der Waals surface area contributed by atoms with Crippen LogP contribution in [-0.4, -0.2) is 15.0 Å². The van der Waals surface area contributed by atoms with Gasteiger partial charge in [0.25, 0.3) is 0 Å². The van der Waals surface area contributed by atoms with Gasteiger partial charge in [-0.05, 0) is 44.0 Å². The lowest BCUT2D eigenvalue weighted by atomic mass is 10.2. The number of nitrogens with two attached hydrogens (primary N) is 1. The first-order valence-corrected chi connectivity index (χ1v) is 6.92. The summed E-state index contributed by atoms with van der Waals surface area (Å²) in [7, 11) is -3.43. The topological polar surface area (TPSA) is 72.2 Å². The summed E-state index contributed by atoms with van der Waals surface area (Å²) in [6.45, 7) is 4.03. The number of nitrogens with one attached hydrogen (secondary N) is 1. The van der Waals surface area contributed by atoms with Gasteiger partial charge in [-0.3, -0.25) is 0 Å². The number of aryl methyl sites for hydroxylation is 1. The van der Waals surface area contributed by atoms with Crippen LogP contribution < -0.4 is 10.5 Å². The number of sulfonamides is 1. The molecule has 0 saturated carbocycles. The first-order valence-electron chi connectivity index (χ1n) is 5.44. The third kappa shape index (κ3) is 3.87. The van der Waals surface area contributed by atoms with Crippen molar-refractivity contribution >= 4 is 15.7 Å². The minimum atomic E-state index is -3.43. The van der Waals surface area contributed by atoms with Crippen molar-refractivity contribution in [3.63, 3.8) is 0 Å². The van der Waals surface area contributed by atoms with E-state index in [1.165, 1.54) is 6.07 Å². The molecule has 0 radical (unpaired) electrons. The van der Waals surface area contributed by atoms with Gasteiger partial charge in [0.05, 0.1) is 4.90 Å². The quantitative estimate of drug-likeness (QED) is 0.478. The number of allylic oxidation sites excluding steroid dienone is 1. The van der Waals surface area contributed by atoms with E-state index in [0.717, 1.165) is 0 Å². The molecule has 0 spiro atoms. The van der Waals surface area contributed by atoms with Crippen LogP contribution in [-0.2, 0) is 10.0 Å². The van der Waals surface area contributed by atoms with E-state index >= 15 is 0 Å². The second-order valence-electron chi connectivity index (χ2n) is 3.78.